The molecule has 1 aromatic rings. The van der Waals surface area contributed by atoms with Crippen LogP contribution in [-0.4, -0.2) is 26.7 Å². The number of hydrogen-bond donors (Lipinski definition) is 1. The molecule has 94 valence electrons. The van der Waals surface area contributed by atoms with E-state index in [4.69, 9.17) is 11.6 Å². The summed E-state index contributed by atoms with van der Waals surface area (Å²) in [6.45, 7) is 5.62. The van der Waals surface area contributed by atoms with E-state index in [1.165, 1.54) is 37.2 Å². The summed E-state index contributed by atoms with van der Waals surface area (Å²) in [6, 6.07) is 6.12. The summed E-state index contributed by atoms with van der Waals surface area (Å²) in [7, 11) is 2.17. The van der Waals surface area contributed by atoms with Crippen LogP contribution in [0.4, 0.5) is 5.69 Å². The minimum atomic E-state index is 0.819. The Morgan fingerprint density at radius 3 is 2.94 bits per heavy atom. The van der Waals surface area contributed by atoms with Gasteiger partial charge < -0.3 is 10.2 Å². The molecule has 2 nitrogen and oxygen atoms in total. The van der Waals surface area contributed by atoms with E-state index in [0.29, 0.717) is 0 Å². The van der Waals surface area contributed by atoms with Crippen molar-refractivity contribution in [1.82, 2.24) is 5.32 Å². The Morgan fingerprint density at radius 2 is 2.29 bits per heavy atom. The highest BCUT2D eigenvalue weighted by molar-refractivity contribution is 6.30. The van der Waals surface area contributed by atoms with Crippen molar-refractivity contribution in [2.24, 2.45) is 5.92 Å². The Balaban J connectivity index is 1.91. The van der Waals surface area contributed by atoms with Crippen LogP contribution in [0.15, 0.2) is 18.2 Å². The van der Waals surface area contributed by atoms with E-state index in [0.717, 1.165) is 17.5 Å². The van der Waals surface area contributed by atoms with Gasteiger partial charge >= 0.3 is 0 Å². The van der Waals surface area contributed by atoms with Gasteiger partial charge in [-0.3, -0.25) is 0 Å². The molecule has 1 saturated heterocycles. The van der Waals surface area contributed by atoms with Crippen molar-refractivity contribution in [3.63, 3.8) is 0 Å². The maximum absolute atomic E-state index is 5.98. The average molecular weight is 253 g/mol. The highest BCUT2D eigenvalue weighted by atomic mass is 35.5. The summed E-state index contributed by atoms with van der Waals surface area (Å²) in [6.07, 6.45) is 2.60. The van der Waals surface area contributed by atoms with Gasteiger partial charge in [-0.2, -0.15) is 0 Å². The molecule has 0 saturated carbocycles. The van der Waals surface area contributed by atoms with E-state index in [9.17, 15) is 0 Å². The highest BCUT2D eigenvalue weighted by Crippen LogP contribution is 2.23. The van der Waals surface area contributed by atoms with E-state index in [1.807, 2.05) is 12.1 Å². The number of nitrogens with one attached hydrogen (secondary N) is 1. The Bertz CT molecular complexity index is 372. The van der Waals surface area contributed by atoms with Crippen LogP contribution in [0.5, 0.6) is 0 Å². The normalized spacial score (nSPS) is 19.6. The van der Waals surface area contributed by atoms with Gasteiger partial charge in [0.2, 0.25) is 0 Å². The molecule has 3 heteroatoms. The summed E-state index contributed by atoms with van der Waals surface area (Å²) in [4.78, 5) is 2.34. The van der Waals surface area contributed by atoms with Crippen molar-refractivity contribution in [3.8, 4) is 0 Å². The zero-order valence-corrected chi connectivity index (χ0v) is 11.4. The van der Waals surface area contributed by atoms with Crippen LogP contribution < -0.4 is 10.2 Å². The molecule has 0 amide bonds. The molecule has 0 bridgehead atoms. The summed E-state index contributed by atoms with van der Waals surface area (Å²) >= 11 is 5.98. The maximum Gasteiger partial charge on any atom is 0.0410 e. The summed E-state index contributed by atoms with van der Waals surface area (Å²) in [5.41, 5.74) is 2.55. The quantitative estimate of drug-likeness (QED) is 0.886. The third-order valence-corrected chi connectivity index (χ3v) is 3.84. The summed E-state index contributed by atoms with van der Waals surface area (Å²) in [5, 5.41) is 4.24. The molecule has 1 heterocycles. The predicted octanol–water partition coefficient (Wildman–Crippen LogP) is 3.08. The van der Waals surface area contributed by atoms with Gasteiger partial charge in [0.1, 0.15) is 0 Å². The van der Waals surface area contributed by atoms with Crippen LogP contribution in [0, 0.1) is 12.8 Å². The lowest BCUT2D eigenvalue weighted by Gasteiger charge is -2.23. The molecule has 0 aliphatic carbocycles. The van der Waals surface area contributed by atoms with Gasteiger partial charge in [-0.05, 0) is 62.5 Å². The van der Waals surface area contributed by atoms with Crippen molar-refractivity contribution in [2.75, 3.05) is 31.6 Å². The van der Waals surface area contributed by atoms with Crippen molar-refractivity contribution in [3.05, 3.63) is 28.8 Å². The van der Waals surface area contributed by atoms with Crippen molar-refractivity contribution < 1.29 is 0 Å². The Morgan fingerprint density at radius 1 is 1.47 bits per heavy atom. The van der Waals surface area contributed by atoms with E-state index in [2.05, 4.69) is 30.3 Å². The van der Waals surface area contributed by atoms with Crippen LogP contribution in [0.3, 0.4) is 0 Å². The lowest BCUT2D eigenvalue weighted by Crippen LogP contribution is -2.22. The lowest BCUT2D eigenvalue weighted by atomic mass is 10.0. The molecule has 0 spiro atoms. The first-order valence-electron chi connectivity index (χ1n) is 6.35. The molecule has 2 rings (SSSR count). The molecular formula is C14H21ClN2. The van der Waals surface area contributed by atoms with E-state index >= 15 is 0 Å². The molecule has 1 aromatic carbocycles. The Hall–Kier alpha value is -0.730. The first kappa shape index (κ1) is 12.7. The lowest BCUT2D eigenvalue weighted by molar-refractivity contribution is 0.533. The number of halogens is 1. The van der Waals surface area contributed by atoms with E-state index < -0.39 is 0 Å². The SMILES string of the molecule is Cc1cc(Cl)ccc1N(C)CCC1CCNC1. The summed E-state index contributed by atoms with van der Waals surface area (Å²) in [5.74, 6) is 0.852. The zero-order valence-electron chi connectivity index (χ0n) is 10.7. The third kappa shape index (κ3) is 3.36. The number of nitrogens with zero attached hydrogens (tertiary/aromatic N) is 1. The second-order valence-corrected chi connectivity index (χ2v) is 5.44. The molecular weight excluding hydrogens is 232 g/mol. The number of anilines is 1. The largest absolute Gasteiger partial charge is 0.374 e. The minimum absolute atomic E-state index is 0.819. The monoisotopic (exact) mass is 252 g/mol. The van der Waals surface area contributed by atoms with Gasteiger partial charge in [0, 0.05) is 24.3 Å². The van der Waals surface area contributed by atoms with Crippen LogP contribution in [0.2, 0.25) is 5.02 Å². The molecule has 0 aromatic heterocycles. The Labute approximate surface area is 109 Å². The fraction of sp³-hybridized carbons (Fsp3) is 0.571. The number of aryl methyl sites for hydroxylation is 1. The van der Waals surface area contributed by atoms with Gasteiger partial charge in [-0.15, -0.1) is 0 Å². The average Bonchev–Trinajstić information content (AvgIpc) is 2.78. The fourth-order valence-electron chi connectivity index (χ4n) is 2.50. The molecule has 1 atom stereocenters. The zero-order chi connectivity index (χ0) is 12.3. The maximum atomic E-state index is 5.98. The molecule has 1 fully saturated rings. The third-order valence-electron chi connectivity index (χ3n) is 3.61. The molecule has 1 aliphatic rings. The van der Waals surface area contributed by atoms with Crippen LogP contribution in [0.1, 0.15) is 18.4 Å². The van der Waals surface area contributed by atoms with Gasteiger partial charge in [0.15, 0.2) is 0 Å². The van der Waals surface area contributed by atoms with Crippen molar-refractivity contribution in [1.29, 1.82) is 0 Å². The molecule has 17 heavy (non-hydrogen) atoms. The second kappa shape index (κ2) is 5.74. The standard InChI is InChI=1S/C14H21ClN2/c1-11-9-13(15)3-4-14(11)17(2)8-6-12-5-7-16-10-12/h3-4,9,12,16H,5-8,10H2,1-2H3. The van der Waals surface area contributed by atoms with Gasteiger partial charge in [0.25, 0.3) is 0 Å². The predicted molar refractivity (Wildman–Crippen MR) is 75.1 cm³/mol. The van der Waals surface area contributed by atoms with Gasteiger partial charge in [0.05, 0.1) is 0 Å². The van der Waals surface area contributed by atoms with Crippen molar-refractivity contribution in [2.45, 2.75) is 19.8 Å². The molecule has 0 radical (unpaired) electrons. The number of hydrogen-bond acceptors (Lipinski definition) is 2. The van der Waals surface area contributed by atoms with Crippen molar-refractivity contribution >= 4 is 17.3 Å². The van der Waals surface area contributed by atoms with Gasteiger partial charge in [-0.1, -0.05) is 11.6 Å². The van der Waals surface area contributed by atoms with E-state index in [1.54, 1.807) is 0 Å². The van der Waals surface area contributed by atoms with Crippen LogP contribution in [-0.2, 0) is 0 Å². The van der Waals surface area contributed by atoms with E-state index in [-0.39, 0.29) is 0 Å². The molecule has 1 N–H and O–H groups in total. The Kier molecular flexibility index (Phi) is 4.30. The van der Waals surface area contributed by atoms with Crippen LogP contribution >= 0.6 is 11.6 Å². The second-order valence-electron chi connectivity index (χ2n) is 5.00. The smallest absolute Gasteiger partial charge is 0.0410 e. The first-order chi connectivity index (χ1) is 8.16. The minimum Gasteiger partial charge on any atom is -0.374 e. The molecule has 1 aliphatic heterocycles. The highest BCUT2D eigenvalue weighted by Gasteiger charge is 2.15. The fourth-order valence-corrected chi connectivity index (χ4v) is 2.73. The molecule has 1 unspecified atom stereocenters. The number of rotatable bonds is 4. The number of benzene rings is 1. The first-order valence-corrected chi connectivity index (χ1v) is 6.72. The topological polar surface area (TPSA) is 15.3 Å². The van der Waals surface area contributed by atoms with Crippen LogP contribution in [0.25, 0.3) is 0 Å². The summed E-state index contributed by atoms with van der Waals surface area (Å²) < 4.78 is 0. The van der Waals surface area contributed by atoms with Gasteiger partial charge in [-0.25, -0.2) is 0 Å².